The van der Waals surface area contributed by atoms with Crippen LogP contribution in [0.25, 0.3) is 0 Å². The maximum absolute atomic E-state index is 4.30. The molecule has 0 radical (unpaired) electrons. The predicted molar refractivity (Wildman–Crippen MR) is 46.7 cm³/mol. The largest absolute Gasteiger partial charge is 0.312 e. The van der Waals surface area contributed by atoms with E-state index >= 15 is 0 Å². The van der Waals surface area contributed by atoms with Crippen molar-refractivity contribution in [3.05, 3.63) is 23.9 Å². The zero-order chi connectivity index (χ0) is 7.52. The zero-order valence-electron chi connectivity index (χ0n) is 6.21. The van der Waals surface area contributed by atoms with E-state index in [-0.39, 0.29) is 0 Å². The highest BCUT2D eigenvalue weighted by atomic mass is 32.2. The SMILES string of the molecule is c1cnc2c(c1)CNCCS2. The van der Waals surface area contributed by atoms with Crippen LogP contribution in [-0.2, 0) is 6.54 Å². The lowest BCUT2D eigenvalue weighted by atomic mass is 10.3. The van der Waals surface area contributed by atoms with Crippen molar-refractivity contribution in [3.8, 4) is 0 Å². The summed E-state index contributed by atoms with van der Waals surface area (Å²) in [6.45, 7) is 2.05. The third kappa shape index (κ3) is 1.54. The second-order valence-corrected chi connectivity index (χ2v) is 3.58. The molecule has 0 aliphatic carbocycles. The first-order valence-electron chi connectivity index (χ1n) is 3.74. The fourth-order valence-electron chi connectivity index (χ4n) is 1.13. The molecule has 0 fully saturated rings. The van der Waals surface area contributed by atoms with Crippen molar-refractivity contribution >= 4 is 11.8 Å². The quantitative estimate of drug-likeness (QED) is 0.628. The summed E-state index contributed by atoms with van der Waals surface area (Å²) in [4.78, 5) is 4.30. The van der Waals surface area contributed by atoms with Gasteiger partial charge in [0.05, 0.1) is 0 Å². The van der Waals surface area contributed by atoms with Crippen molar-refractivity contribution in [1.29, 1.82) is 0 Å². The molecule has 2 nitrogen and oxygen atoms in total. The minimum Gasteiger partial charge on any atom is -0.312 e. The van der Waals surface area contributed by atoms with Crippen LogP contribution in [0.3, 0.4) is 0 Å². The van der Waals surface area contributed by atoms with Gasteiger partial charge in [0.15, 0.2) is 0 Å². The number of rotatable bonds is 0. The maximum Gasteiger partial charge on any atom is 0.100 e. The number of hydrogen-bond donors (Lipinski definition) is 1. The lowest BCUT2D eigenvalue weighted by Gasteiger charge is -2.00. The van der Waals surface area contributed by atoms with Crippen molar-refractivity contribution in [2.24, 2.45) is 0 Å². The molecule has 0 bridgehead atoms. The van der Waals surface area contributed by atoms with Crippen LogP contribution in [0.4, 0.5) is 0 Å². The summed E-state index contributed by atoms with van der Waals surface area (Å²) < 4.78 is 0. The van der Waals surface area contributed by atoms with Gasteiger partial charge in [0.2, 0.25) is 0 Å². The number of fused-ring (bicyclic) bond motifs is 1. The molecule has 0 spiro atoms. The average Bonchev–Trinajstić information content (AvgIpc) is 2.28. The Morgan fingerprint density at radius 1 is 1.55 bits per heavy atom. The van der Waals surface area contributed by atoms with E-state index in [4.69, 9.17) is 0 Å². The molecule has 0 saturated carbocycles. The highest BCUT2D eigenvalue weighted by molar-refractivity contribution is 7.99. The normalized spacial score (nSPS) is 17.1. The second-order valence-electron chi connectivity index (χ2n) is 2.49. The second kappa shape index (κ2) is 3.24. The van der Waals surface area contributed by atoms with Crippen LogP contribution in [0, 0.1) is 0 Å². The van der Waals surface area contributed by atoms with Crippen molar-refractivity contribution in [2.45, 2.75) is 11.6 Å². The monoisotopic (exact) mass is 166 g/mol. The van der Waals surface area contributed by atoms with Crippen LogP contribution in [0.2, 0.25) is 0 Å². The molecule has 0 atom stereocenters. The van der Waals surface area contributed by atoms with Crippen LogP contribution in [0.1, 0.15) is 5.56 Å². The maximum atomic E-state index is 4.30. The fraction of sp³-hybridized carbons (Fsp3) is 0.375. The van der Waals surface area contributed by atoms with E-state index < -0.39 is 0 Å². The average molecular weight is 166 g/mol. The number of thioether (sulfide) groups is 1. The number of hydrogen-bond acceptors (Lipinski definition) is 3. The lowest BCUT2D eigenvalue weighted by Crippen LogP contribution is -2.13. The molecule has 58 valence electrons. The predicted octanol–water partition coefficient (Wildman–Crippen LogP) is 1.28. The molecular weight excluding hydrogens is 156 g/mol. The molecule has 1 aliphatic heterocycles. The third-order valence-electron chi connectivity index (χ3n) is 1.68. The Labute approximate surface area is 70.4 Å². The first-order chi connectivity index (χ1) is 5.47. The van der Waals surface area contributed by atoms with Crippen LogP contribution in [0.15, 0.2) is 23.4 Å². The Morgan fingerprint density at radius 3 is 3.55 bits per heavy atom. The smallest absolute Gasteiger partial charge is 0.100 e. The molecule has 2 rings (SSSR count). The molecule has 1 aromatic heterocycles. The number of pyridine rings is 1. The summed E-state index contributed by atoms with van der Waals surface area (Å²) in [5.74, 6) is 1.13. The minimum absolute atomic E-state index is 0.968. The van der Waals surface area contributed by atoms with E-state index in [0.717, 1.165) is 18.8 Å². The van der Waals surface area contributed by atoms with Gasteiger partial charge in [-0.1, -0.05) is 6.07 Å². The third-order valence-corrected chi connectivity index (χ3v) is 2.73. The fourth-order valence-corrected chi connectivity index (χ4v) is 2.03. The summed E-state index contributed by atoms with van der Waals surface area (Å²) in [6.07, 6.45) is 1.86. The minimum atomic E-state index is 0.968. The summed E-state index contributed by atoms with van der Waals surface area (Å²) in [7, 11) is 0. The summed E-state index contributed by atoms with van der Waals surface area (Å²) in [5.41, 5.74) is 1.33. The van der Waals surface area contributed by atoms with Crippen LogP contribution < -0.4 is 5.32 Å². The van der Waals surface area contributed by atoms with E-state index in [1.807, 2.05) is 24.0 Å². The molecule has 0 saturated heterocycles. The van der Waals surface area contributed by atoms with E-state index in [1.165, 1.54) is 10.6 Å². The molecule has 1 aliphatic rings. The highest BCUT2D eigenvalue weighted by Crippen LogP contribution is 2.20. The Kier molecular flexibility index (Phi) is 2.10. The zero-order valence-corrected chi connectivity index (χ0v) is 7.03. The topological polar surface area (TPSA) is 24.9 Å². The number of nitrogens with one attached hydrogen (secondary N) is 1. The van der Waals surface area contributed by atoms with Gasteiger partial charge >= 0.3 is 0 Å². The van der Waals surface area contributed by atoms with Crippen molar-refractivity contribution in [2.75, 3.05) is 12.3 Å². The van der Waals surface area contributed by atoms with E-state index in [2.05, 4.69) is 16.4 Å². The Balaban J connectivity index is 2.33. The first kappa shape index (κ1) is 7.13. The van der Waals surface area contributed by atoms with Gasteiger partial charge < -0.3 is 5.32 Å². The van der Waals surface area contributed by atoms with Gasteiger partial charge in [-0.25, -0.2) is 4.98 Å². The van der Waals surface area contributed by atoms with Gasteiger partial charge in [-0.05, 0) is 11.6 Å². The van der Waals surface area contributed by atoms with Gasteiger partial charge in [-0.3, -0.25) is 0 Å². The highest BCUT2D eigenvalue weighted by Gasteiger charge is 2.06. The Morgan fingerprint density at radius 2 is 2.55 bits per heavy atom. The molecule has 0 aromatic carbocycles. The van der Waals surface area contributed by atoms with E-state index in [1.54, 1.807) is 0 Å². The molecule has 11 heavy (non-hydrogen) atoms. The van der Waals surface area contributed by atoms with Gasteiger partial charge in [0.25, 0.3) is 0 Å². The number of nitrogens with zero attached hydrogens (tertiary/aromatic N) is 1. The van der Waals surface area contributed by atoms with Gasteiger partial charge in [0.1, 0.15) is 5.03 Å². The Hall–Kier alpha value is -0.540. The standard InChI is InChI=1S/C8H10N2S/c1-2-7-6-9-4-5-11-8(7)10-3-1/h1-3,9H,4-6H2. The van der Waals surface area contributed by atoms with Gasteiger partial charge in [-0.2, -0.15) is 0 Å². The van der Waals surface area contributed by atoms with Crippen molar-refractivity contribution in [1.82, 2.24) is 10.3 Å². The summed E-state index contributed by atoms with van der Waals surface area (Å²) in [6, 6.07) is 4.13. The molecule has 1 N–H and O–H groups in total. The molecule has 0 amide bonds. The summed E-state index contributed by atoms with van der Waals surface area (Å²) >= 11 is 1.84. The summed E-state index contributed by atoms with van der Waals surface area (Å²) in [5, 5.41) is 4.53. The lowest BCUT2D eigenvalue weighted by molar-refractivity contribution is 0.727. The molecule has 3 heteroatoms. The van der Waals surface area contributed by atoms with E-state index in [9.17, 15) is 0 Å². The molecular formula is C8H10N2S. The van der Waals surface area contributed by atoms with Crippen molar-refractivity contribution < 1.29 is 0 Å². The molecule has 2 heterocycles. The molecule has 0 unspecified atom stereocenters. The molecule has 1 aromatic rings. The van der Waals surface area contributed by atoms with Crippen LogP contribution in [0.5, 0.6) is 0 Å². The van der Waals surface area contributed by atoms with Crippen LogP contribution >= 0.6 is 11.8 Å². The van der Waals surface area contributed by atoms with Gasteiger partial charge in [-0.15, -0.1) is 11.8 Å². The Bertz CT molecular complexity index is 225. The van der Waals surface area contributed by atoms with E-state index in [0.29, 0.717) is 0 Å². The van der Waals surface area contributed by atoms with Crippen molar-refractivity contribution in [3.63, 3.8) is 0 Å². The number of aromatic nitrogens is 1. The van der Waals surface area contributed by atoms with Gasteiger partial charge in [0, 0.05) is 25.0 Å². The van der Waals surface area contributed by atoms with Crippen LogP contribution in [-0.4, -0.2) is 17.3 Å². The first-order valence-corrected chi connectivity index (χ1v) is 4.73.